The zero-order valence-corrected chi connectivity index (χ0v) is 16.7. The van der Waals surface area contributed by atoms with Gasteiger partial charge in [-0.05, 0) is 30.9 Å². The van der Waals surface area contributed by atoms with Gasteiger partial charge in [0, 0.05) is 43.8 Å². The molecule has 0 radical (unpaired) electrons. The van der Waals surface area contributed by atoms with Gasteiger partial charge in [-0.15, -0.1) is 0 Å². The number of carbonyl (C=O) groups excluding carboxylic acids is 2. The first-order valence-electron chi connectivity index (χ1n) is 9.71. The number of hydrogen-bond acceptors (Lipinski definition) is 5. The van der Waals surface area contributed by atoms with Crippen molar-refractivity contribution in [1.29, 1.82) is 0 Å². The van der Waals surface area contributed by atoms with Crippen molar-refractivity contribution in [2.75, 3.05) is 30.8 Å². The molecule has 152 valence electrons. The highest BCUT2D eigenvalue weighted by atomic mass is 32.2. The smallest absolute Gasteiger partial charge is 0.237 e. The molecule has 9 heteroatoms. The minimum Gasteiger partial charge on any atom is -0.353 e. The van der Waals surface area contributed by atoms with Crippen LogP contribution < -0.4 is 14.9 Å². The summed E-state index contributed by atoms with van der Waals surface area (Å²) >= 11 is 0. The van der Waals surface area contributed by atoms with Crippen LogP contribution in [0.25, 0.3) is 0 Å². The van der Waals surface area contributed by atoms with E-state index in [2.05, 4.69) is 21.0 Å². The molecule has 0 unspecified atom stereocenters. The fraction of sp³-hybridized carbons (Fsp3) is 0.579. The maximum absolute atomic E-state index is 12.8. The fourth-order valence-electron chi connectivity index (χ4n) is 4.65. The van der Waals surface area contributed by atoms with Gasteiger partial charge in [-0.2, -0.15) is 0 Å². The molecule has 3 atom stereocenters. The Morgan fingerprint density at radius 3 is 2.89 bits per heavy atom. The third kappa shape index (κ3) is 3.92. The fourth-order valence-corrected chi connectivity index (χ4v) is 5.43. The summed E-state index contributed by atoms with van der Waals surface area (Å²) in [6, 6.07) is 7.42. The highest BCUT2D eigenvalue weighted by Crippen LogP contribution is 2.30. The number of piperazine rings is 1. The van der Waals surface area contributed by atoms with Gasteiger partial charge in [-0.1, -0.05) is 18.2 Å². The van der Waals surface area contributed by atoms with Crippen LogP contribution in [0.4, 0.5) is 5.69 Å². The molecule has 2 N–H and O–H groups in total. The van der Waals surface area contributed by atoms with Crippen molar-refractivity contribution >= 4 is 27.5 Å². The lowest BCUT2D eigenvalue weighted by atomic mass is 10.0. The van der Waals surface area contributed by atoms with Crippen LogP contribution in [0.1, 0.15) is 24.8 Å². The number of nitrogens with one attached hydrogen (secondary N) is 2. The van der Waals surface area contributed by atoms with Gasteiger partial charge in [0.15, 0.2) is 0 Å². The lowest BCUT2D eigenvalue weighted by molar-refractivity contribution is -0.129. The first-order chi connectivity index (χ1) is 13.3. The van der Waals surface area contributed by atoms with Crippen molar-refractivity contribution < 1.29 is 18.0 Å². The lowest BCUT2D eigenvalue weighted by Crippen LogP contribution is -2.58. The van der Waals surface area contributed by atoms with Crippen molar-refractivity contribution in [3.05, 3.63) is 29.8 Å². The molecule has 2 amide bonds. The van der Waals surface area contributed by atoms with E-state index in [1.54, 1.807) is 0 Å². The molecule has 0 bridgehead atoms. The van der Waals surface area contributed by atoms with E-state index in [9.17, 15) is 18.0 Å². The van der Waals surface area contributed by atoms with Crippen LogP contribution in [0.3, 0.4) is 0 Å². The Morgan fingerprint density at radius 1 is 1.32 bits per heavy atom. The van der Waals surface area contributed by atoms with Crippen LogP contribution in [0.2, 0.25) is 0 Å². The van der Waals surface area contributed by atoms with Crippen LogP contribution in [0, 0.1) is 0 Å². The van der Waals surface area contributed by atoms with Gasteiger partial charge in [-0.25, -0.2) is 13.1 Å². The van der Waals surface area contributed by atoms with Gasteiger partial charge in [-0.3, -0.25) is 14.5 Å². The predicted octanol–water partition coefficient (Wildman–Crippen LogP) is -0.154. The Balaban J connectivity index is 1.38. The molecule has 4 rings (SSSR count). The van der Waals surface area contributed by atoms with E-state index in [0.717, 1.165) is 18.4 Å². The van der Waals surface area contributed by atoms with Crippen molar-refractivity contribution in [3.8, 4) is 0 Å². The topological polar surface area (TPSA) is 98.8 Å². The monoisotopic (exact) mass is 406 g/mol. The minimum absolute atomic E-state index is 0.0378. The lowest BCUT2D eigenvalue weighted by Gasteiger charge is -2.37. The van der Waals surface area contributed by atoms with E-state index in [1.807, 2.05) is 23.1 Å². The average molecular weight is 407 g/mol. The predicted molar refractivity (Wildman–Crippen MR) is 105 cm³/mol. The first kappa shape index (κ1) is 19.4. The molecule has 3 aliphatic rings. The number of sulfonamides is 1. The summed E-state index contributed by atoms with van der Waals surface area (Å²) in [7, 11) is -3.32. The number of fused-ring (bicyclic) bond motifs is 2. The van der Waals surface area contributed by atoms with Crippen molar-refractivity contribution in [1.82, 2.24) is 14.9 Å². The van der Waals surface area contributed by atoms with Crippen LogP contribution in [0.15, 0.2) is 24.3 Å². The molecule has 2 fully saturated rings. The second-order valence-corrected chi connectivity index (χ2v) is 9.68. The van der Waals surface area contributed by atoms with Crippen molar-refractivity contribution in [3.63, 3.8) is 0 Å². The van der Waals surface area contributed by atoms with E-state index in [4.69, 9.17) is 0 Å². The summed E-state index contributed by atoms with van der Waals surface area (Å²) in [6.07, 6.45) is 3.52. The number of benzene rings is 1. The molecule has 28 heavy (non-hydrogen) atoms. The Bertz CT molecular complexity index is 888. The standard InChI is InChI=1S/C19H26N4O4S/c1-28(26,27)21-14-10-17-19(25)20-11-15(23(17)12-14)6-7-18(24)22-9-8-13-4-2-3-5-16(13)22/h2-5,14-15,17,21H,6-12H2,1H3,(H,20,25)/t14-,15+,17-/m0/s1. The third-order valence-electron chi connectivity index (χ3n) is 5.88. The number of rotatable bonds is 5. The molecule has 1 aromatic rings. The molecular formula is C19H26N4O4S. The minimum atomic E-state index is -3.32. The van der Waals surface area contributed by atoms with Crippen LogP contribution in [-0.4, -0.2) is 69.1 Å². The summed E-state index contributed by atoms with van der Waals surface area (Å²) in [5.74, 6) is 0.0391. The van der Waals surface area contributed by atoms with Gasteiger partial charge in [0.25, 0.3) is 0 Å². The summed E-state index contributed by atoms with van der Waals surface area (Å²) in [6.45, 7) is 1.70. The number of nitrogens with zero attached hydrogens (tertiary/aromatic N) is 2. The van der Waals surface area contributed by atoms with Gasteiger partial charge in [0.2, 0.25) is 21.8 Å². The zero-order valence-electron chi connectivity index (χ0n) is 15.9. The Hall–Kier alpha value is -1.97. The Morgan fingerprint density at radius 2 is 2.11 bits per heavy atom. The SMILES string of the molecule is CS(=O)(=O)N[C@H]1C[C@H]2C(=O)NC[C@@H](CCC(=O)N3CCc4ccccc43)N2C1. The van der Waals surface area contributed by atoms with Crippen molar-refractivity contribution in [2.45, 2.75) is 43.8 Å². The molecule has 0 saturated carbocycles. The molecule has 0 spiro atoms. The van der Waals surface area contributed by atoms with E-state index in [-0.39, 0.29) is 29.9 Å². The zero-order chi connectivity index (χ0) is 19.9. The van der Waals surface area contributed by atoms with Crippen molar-refractivity contribution in [2.24, 2.45) is 0 Å². The second kappa shape index (κ2) is 7.46. The van der Waals surface area contributed by atoms with Crippen LogP contribution >= 0.6 is 0 Å². The molecule has 3 heterocycles. The number of hydrogen-bond donors (Lipinski definition) is 2. The normalized spacial score (nSPS) is 27.4. The molecule has 2 saturated heterocycles. The molecule has 0 aliphatic carbocycles. The molecule has 1 aromatic carbocycles. The van der Waals surface area contributed by atoms with Gasteiger partial charge >= 0.3 is 0 Å². The van der Waals surface area contributed by atoms with E-state index in [0.29, 0.717) is 38.9 Å². The van der Waals surface area contributed by atoms with E-state index >= 15 is 0 Å². The highest BCUT2D eigenvalue weighted by molar-refractivity contribution is 7.88. The largest absolute Gasteiger partial charge is 0.353 e. The first-order valence-corrected chi connectivity index (χ1v) is 11.6. The van der Waals surface area contributed by atoms with E-state index in [1.165, 1.54) is 5.56 Å². The van der Waals surface area contributed by atoms with E-state index < -0.39 is 10.0 Å². The summed E-state index contributed by atoms with van der Waals surface area (Å²) in [5.41, 5.74) is 2.20. The molecule has 8 nitrogen and oxygen atoms in total. The van der Waals surface area contributed by atoms with Crippen LogP contribution in [0.5, 0.6) is 0 Å². The number of amides is 2. The molecule has 0 aromatic heterocycles. The molecular weight excluding hydrogens is 380 g/mol. The molecule has 3 aliphatic heterocycles. The summed E-state index contributed by atoms with van der Waals surface area (Å²) in [4.78, 5) is 28.9. The summed E-state index contributed by atoms with van der Waals surface area (Å²) < 4.78 is 25.7. The number of para-hydroxylation sites is 1. The average Bonchev–Trinajstić information content (AvgIpc) is 3.24. The maximum Gasteiger partial charge on any atom is 0.237 e. The third-order valence-corrected chi connectivity index (χ3v) is 6.64. The Kier molecular flexibility index (Phi) is 5.15. The number of anilines is 1. The van der Waals surface area contributed by atoms with Gasteiger partial charge in [0.1, 0.15) is 0 Å². The summed E-state index contributed by atoms with van der Waals surface area (Å²) in [5, 5.41) is 2.91. The second-order valence-electron chi connectivity index (χ2n) is 7.90. The quantitative estimate of drug-likeness (QED) is 0.708. The number of carbonyl (C=O) groups is 2. The maximum atomic E-state index is 12.8. The van der Waals surface area contributed by atoms with Gasteiger partial charge < -0.3 is 10.2 Å². The highest BCUT2D eigenvalue weighted by Gasteiger charge is 2.44. The van der Waals surface area contributed by atoms with Gasteiger partial charge in [0.05, 0.1) is 12.3 Å². The Labute approximate surface area is 165 Å². The van der Waals surface area contributed by atoms with Crippen LogP contribution in [-0.2, 0) is 26.0 Å².